The highest BCUT2D eigenvalue weighted by atomic mass is 16.5. The zero-order valence-corrected chi connectivity index (χ0v) is 12.3. The molecule has 0 saturated heterocycles. The SMILES string of the molecule is COc1cccc([C@@H]2CC(c3ccco3)=NN2C(C)=O)c1O. The van der Waals surface area contributed by atoms with E-state index in [1.807, 2.05) is 0 Å². The number of methoxy groups -OCH3 is 1. The van der Waals surface area contributed by atoms with Crippen LogP contribution in [0.5, 0.6) is 11.5 Å². The average molecular weight is 300 g/mol. The van der Waals surface area contributed by atoms with Gasteiger partial charge >= 0.3 is 0 Å². The normalized spacial score (nSPS) is 17.5. The van der Waals surface area contributed by atoms with Gasteiger partial charge in [-0.1, -0.05) is 12.1 Å². The van der Waals surface area contributed by atoms with Crippen molar-refractivity contribution >= 4 is 11.6 Å². The molecule has 1 aromatic carbocycles. The van der Waals surface area contributed by atoms with Gasteiger partial charge in [0.2, 0.25) is 5.91 Å². The number of carbonyl (C=O) groups excluding carboxylic acids is 1. The van der Waals surface area contributed by atoms with Crippen LogP contribution < -0.4 is 4.74 Å². The van der Waals surface area contributed by atoms with Gasteiger partial charge in [0.15, 0.2) is 11.5 Å². The molecule has 0 radical (unpaired) electrons. The number of benzene rings is 1. The number of phenols is 1. The van der Waals surface area contributed by atoms with Crippen molar-refractivity contribution in [3.63, 3.8) is 0 Å². The van der Waals surface area contributed by atoms with E-state index in [1.54, 1.807) is 36.6 Å². The maximum absolute atomic E-state index is 11.9. The summed E-state index contributed by atoms with van der Waals surface area (Å²) in [6, 6.07) is 8.39. The Hall–Kier alpha value is -2.76. The largest absolute Gasteiger partial charge is 0.504 e. The minimum absolute atomic E-state index is 0.0251. The van der Waals surface area contributed by atoms with Crippen molar-refractivity contribution in [2.24, 2.45) is 5.10 Å². The van der Waals surface area contributed by atoms with Crippen LogP contribution in [0.1, 0.15) is 30.7 Å². The monoisotopic (exact) mass is 300 g/mol. The van der Waals surface area contributed by atoms with Crippen molar-refractivity contribution in [2.45, 2.75) is 19.4 Å². The number of phenolic OH excluding ortho intramolecular Hbond substituents is 1. The first-order chi connectivity index (χ1) is 10.6. The number of furan rings is 1. The summed E-state index contributed by atoms with van der Waals surface area (Å²) in [6.45, 7) is 1.44. The predicted octanol–water partition coefficient (Wildman–Crippen LogP) is 2.69. The third-order valence-electron chi connectivity index (χ3n) is 3.65. The first-order valence-electron chi connectivity index (χ1n) is 6.89. The van der Waals surface area contributed by atoms with Gasteiger partial charge in [0.25, 0.3) is 0 Å². The lowest BCUT2D eigenvalue weighted by atomic mass is 9.99. The number of amides is 1. The van der Waals surface area contributed by atoms with E-state index in [2.05, 4.69) is 5.10 Å². The van der Waals surface area contributed by atoms with Crippen LogP contribution in [0, 0.1) is 0 Å². The smallest absolute Gasteiger partial charge is 0.240 e. The maximum atomic E-state index is 11.9. The van der Waals surface area contributed by atoms with Gasteiger partial charge in [0.05, 0.1) is 19.4 Å². The fraction of sp³-hybridized carbons (Fsp3) is 0.250. The zero-order valence-electron chi connectivity index (χ0n) is 12.3. The molecule has 1 amide bonds. The Balaban J connectivity index is 1.99. The van der Waals surface area contributed by atoms with Crippen LogP contribution in [-0.2, 0) is 4.79 Å². The Labute approximate surface area is 127 Å². The van der Waals surface area contributed by atoms with E-state index >= 15 is 0 Å². The highest BCUT2D eigenvalue weighted by molar-refractivity contribution is 6.01. The van der Waals surface area contributed by atoms with Crippen molar-refractivity contribution < 1.29 is 19.1 Å². The van der Waals surface area contributed by atoms with Crippen LogP contribution in [0.4, 0.5) is 0 Å². The van der Waals surface area contributed by atoms with Crippen LogP contribution in [0.2, 0.25) is 0 Å². The molecule has 6 nitrogen and oxygen atoms in total. The first kappa shape index (κ1) is 14.2. The zero-order chi connectivity index (χ0) is 15.7. The van der Waals surface area contributed by atoms with Crippen molar-refractivity contribution in [2.75, 3.05) is 7.11 Å². The molecule has 1 aromatic heterocycles. The summed E-state index contributed by atoms with van der Waals surface area (Å²) in [4.78, 5) is 11.9. The molecular weight excluding hydrogens is 284 g/mol. The summed E-state index contributed by atoms with van der Waals surface area (Å²) in [5.41, 5.74) is 1.27. The van der Waals surface area contributed by atoms with Crippen LogP contribution in [-0.4, -0.2) is 28.8 Å². The highest BCUT2D eigenvalue weighted by Gasteiger charge is 2.34. The lowest BCUT2D eigenvalue weighted by Crippen LogP contribution is -2.24. The second-order valence-electron chi connectivity index (χ2n) is 5.01. The molecule has 3 rings (SSSR count). The fourth-order valence-corrected chi connectivity index (χ4v) is 2.61. The van der Waals surface area contributed by atoms with Gasteiger partial charge in [0.1, 0.15) is 11.5 Å². The molecule has 1 atom stereocenters. The third kappa shape index (κ3) is 2.32. The minimum Gasteiger partial charge on any atom is -0.504 e. The molecule has 22 heavy (non-hydrogen) atoms. The Morgan fingerprint density at radius 1 is 1.41 bits per heavy atom. The molecule has 0 spiro atoms. The number of rotatable bonds is 3. The summed E-state index contributed by atoms with van der Waals surface area (Å²) in [7, 11) is 1.49. The van der Waals surface area contributed by atoms with Crippen LogP contribution in [0.15, 0.2) is 46.1 Å². The van der Waals surface area contributed by atoms with E-state index in [9.17, 15) is 9.90 Å². The van der Waals surface area contributed by atoms with Crippen LogP contribution in [0.3, 0.4) is 0 Å². The Kier molecular flexibility index (Phi) is 3.58. The standard InChI is InChI=1S/C16H16N2O4/c1-10(19)18-13(9-12(17-18)14-7-4-8-22-14)11-5-3-6-15(21-2)16(11)20/h3-8,13,20H,9H2,1-2H3/t13-/m0/s1. The van der Waals surface area contributed by atoms with Crippen LogP contribution in [0.25, 0.3) is 0 Å². The number of hydrazone groups is 1. The van der Waals surface area contributed by atoms with Crippen molar-refractivity contribution in [1.29, 1.82) is 0 Å². The molecule has 0 fully saturated rings. The molecule has 0 bridgehead atoms. The first-order valence-corrected chi connectivity index (χ1v) is 6.89. The second-order valence-corrected chi connectivity index (χ2v) is 5.01. The van der Waals surface area contributed by atoms with Crippen molar-refractivity contribution in [1.82, 2.24) is 5.01 Å². The number of carbonyl (C=O) groups is 1. The quantitative estimate of drug-likeness (QED) is 0.945. The lowest BCUT2D eigenvalue weighted by molar-refractivity contribution is -0.130. The van der Waals surface area contributed by atoms with Crippen molar-refractivity contribution in [3.05, 3.63) is 47.9 Å². The molecule has 0 aliphatic carbocycles. The van der Waals surface area contributed by atoms with Gasteiger partial charge in [0, 0.05) is 18.9 Å². The average Bonchev–Trinajstić information content (AvgIpc) is 3.16. The highest BCUT2D eigenvalue weighted by Crippen LogP contribution is 2.40. The molecule has 2 heterocycles. The van der Waals surface area contributed by atoms with Gasteiger partial charge in [-0.15, -0.1) is 0 Å². The fourth-order valence-electron chi connectivity index (χ4n) is 2.61. The van der Waals surface area contributed by atoms with E-state index in [4.69, 9.17) is 9.15 Å². The number of nitrogens with zero attached hydrogens (tertiary/aromatic N) is 2. The van der Waals surface area contributed by atoms with Gasteiger partial charge in [-0.25, -0.2) is 5.01 Å². The molecule has 2 aromatic rings. The molecule has 0 unspecified atom stereocenters. The molecule has 1 aliphatic heterocycles. The number of para-hydroxylation sites is 1. The van der Waals surface area contributed by atoms with Gasteiger partial charge in [-0.2, -0.15) is 5.10 Å². The summed E-state index contributed by atoms with van der Waals surface area (Å²) < 4.78 is 10.5. The van der Waals surface area contributed by atoms with E-state index in [-0.39, 0.29) is 17.7 Å². The summed E-state index contributed by atoms with van der Waals surface area (Å²) in [5.74, 6) is 0.814. The molecule has 114 valence electrons. The van der Waals surface area contributed by atoms with E-state index in [1.165, 1.54) is 19.0 Å². The third-order valence-corrected chi connectivity index (χ3v) is 3.65. The van der Waals surface area contributed by atoms with Gasteiger partial charge < -0.3 is 14.3 Å². The number of hydrogen-bond acceptors (Lipinski definition) is 5. The molecule has 1 aliphatic rings. The molecular formula is C16H16N2O4. The second kappa shape index (κ2) is 5.55. The molecule has 1 N–H and O–H groups in total. The number of aromatic hydroxyl groups is 1. The summed E-state index contributed by atoms with van der Waals surface area (Å²) in [5, 5.41) is 16.0. The van der Waals surface area contributed by atoms with E-state index in [0.29, 0.717) is 29.2 Å². The Morgan fingerprint density at radius 3 is 2.86 bits per heavy atom. The summed E-state index contributed by atoms with van der Waals surface area (Å²) >= 11 is 0. The lowest BCUT2D eigenvalue weighted by Gasteiger charge is -2.22. The van der Waals surface area contributed by atoms with Crippen LogP contribution >= 0.6 is 0 Å². The molecule has 0 saturated carbocycles. The topological polar surface area (TPSA) is 75.3 Å². The molecule has 6 heteroatoms. The predicted molar refractivity (Wildman–Crippen MR) is 79.8 cm³/mol. The number of hydrogen-bond donors (Lipinski definition) is 1. The van der Waals surface area contributed by atoms with E-state index < -0.39 is 0 Å². The van der Waals surface area contributed by atoms with Gasteiger partial charge in [-0.3, -0.25) is 4.79 Å². The Bertz CT molecular complexity index is 722. The number of ether oxygens (including phenoxy) is 1. The van der Waals surface area contributed by atoms with E-state index in [0.717, 1.165) is 0 Å². The maximum Gasteiger partial charge on any atom is 0.240 e. The van der Waals surface area contributed by atoms with Gasteiger partial charge in [-0.05, 0) is 18.2 Å². The minimum atomic E-state index is -0.382. The van der Waals surface area contributed by atoms with Crippen molar-refractivity contribution in [3.8, 4) is 11.5 Å². The Morgan fingerprint density at radius 2 is 2.23 bits per heavy atom. The summed E-state index contributed by atoms with van der Waals surface area (Å²) in [6.07, 6.45) is 2.03.